The van der Waals surface area contributed by atoms with E-state index in [0.717, 1.165) is 12.2 Å². The Bertz CT molecular complexity index is 797. The Kier molecular flexibility index (Phi) is 9.27. The van der Waals surface area contributed by atoms with Gasteiger partial charge in [0.2, 0.25) is 12.6 Å². The zero-order valence-electron chi connectivity index (χ0n) is 16.1. The highest BCUT2D eigenvalue weighted by molar-refractivity contribution is 6.04. The monoisotopic (exact) mass is 406 g/mol. The van der Waals surface area contributed by atoms with Crippen LogP contribution < -0.4 is 0 Å². The Hall–Kier alpha value is -3.46. The third-order valence-corrected chi connectivity index (χ3v) is 3.40. The molecule has 0 saturated carbocycles. The summed E-state index contributed by atoms with van der Waals surface area (Å²) < 4.78 is 19.6. The first-order valence-electron chi connectivity index (χ1n) is 8.54. The van der Waals surface area contributed by atoms with E-state index >= 15 is 0 Å². The van der Waals surface area contributed by atoms with Crippen LogP contribution in [-0.2, 0) is 35.0 Å². The highest BCUT2D eigenvalue weighted by Crippen LogP contribution is 2.20. The van der Waals surface area contributed by atoms with Crippen molar-refractivity contribution in [1.29, 1.82) is 0 Å². The number of benzene rings is 1. The van der Waals surface area contributed by atoms with Crippen LogP contribution in [-0.4, -0.2) is 48.2 Å². The molecule has 0 bridgehead atoms. The van der Waals surface area contributed by atoms with E-state index in [-0.39, 0.29) is 24.2 Å². The van der Waals surface area contributed by atoms with E-state index in [1.54, 1.807) is 0 Å². The molecule has 2 unspecified atom stereocenters. The topological polar surface area (TPSA) is 125 Å². The molecular weight excluding hydrogens is 384 g/mol. The van der Waals surface area contributed by atoms with Crippen LogP contribution in [0.15, 0.2) is 43.5 Å². The fraction of sp³-hybridized carbons (Fsp3) is 0.300. The lowest BCUT2D eigenvalue weighted by atomic mass is 9.99. The Morgan fingerprint density at radius 3 is 1.93 bits per heavy atom. The summed E-state index contributed by atoms with van der Waals surface area (Å²) in [7, 11) is 0. The van der Waals surface area contributed by atoms with Crippen molar-refractivity contribution in [1.82, 2.24) is 0 Å². The van der Waals surface area contributed by atoms with E-state index < -0.39 is 36.5 Å². The van der Waals surface area contributed by atoms with E-state index in [4.69, 9.17) is 18.9 Å². The van der Waals surface area contributed by atoms with Crippen LogP contribution in [0, 0.1) is 0 Å². The van der Waals surface area contributed by atoms with Gasteiger partial charge in [0, 0.05) is 32.6 Å². The summed E-state index contributed by atoms with van der Waals surface area (Å²) in [6.45, 7) is 8.79. The van der Waals surface area contributed by atoms with E-state index in [1.807, 2.05) is 0 Å². The average Bonchev–Trinajstić information content (AvgIpc) is 2.67. The van der Waals surface area contributed by atoms with Crippen LogP contribution in [0.4, 0.5) is 0 Å². The Morgan fingerprint density at radius 1 is 0.931 bits per heavy atom. The first-order chi connectivity index (χ1) is 13.7. The van der Waals surface area contributed by atoms with Crippen molar-refractivity contribution in [3.63, 3.8) is 0 Å². The van der Waals surface area contributed by atoms with Crippen molar-refractivity contribution in [2.75, 3.05) is 6.61 Å². The zero-order chi connectivity index (χ0) is 22.0. The van der Waals surface area contributed by atoms with Gasteiger partial charge in [-0.05, 0) is 18.1 Å². The summed E-state index contributed by atoms with van der Waals surface area (Å²) in [4.78, 5) is 47.6. The SMILES string of the molecule is C=CC(=O)OC(C)OC(=O)c1cccc(CCO)c1C(=O)OC(C)OC(=O)C=C. The van der Waals surface area contributed by atoms with Crippen LogP contribution in [0.3, 0.4) is 0 Å². The molecule has 0 amide bonds. The average molecular weight is 406 g/mol. The van der Waals surface area contributed by atoms with Gasteiger partial charge in [0.25, 0.3) is 0 Å². The first-order valence-corrected chi connectivity index (χ1v) is 8.54. The second-order valence-corrected chi connectivity index (χ2v) is 5.54. The van der Waals surface area contributed by atoms with Crippen LogP contribution in [0.2, 0.25) is 0 Å². The minimum atomic E-state index is -1.26. The molecule has 2 atom stereocenters. The molecule has 0 saturated heterocycles. The number of hydrogen-bond acceptors (Lipinski definition) is 9. The van der Waals surface area contributed by atoms with Gasteiger partial charge in [0.1, 0.15) is 0 Å². The maximum atomic E-state index is 12.6. The lowest BCUT2D eigenvalue weighted by Gasteiger charge is -2.18. The number of esters is 4. The van der Waals surface area contributed by atoms with Gasteiger partial charge in [-0.2, -0.15) is 0 Å². The van der Waals surface area contributed by atoms with Crippen molar-refractivity contribution in [2.24, 2.45) is 0 Å². The van der Waals surface area contributed by atoms with Crippen molar-refractivity contribution in [3.05, 3.63) is 60.2 Å². The number of hydrogen-bond donors (Lipinski definition) is 1. The minimum absolute atomic E-state index is 0.0490. The molecule has 0 heterocycles. The van der Waals surface area contributed by atoms with Gasteiger partial charge in [0.05, 0.1) is 11.1 Å². The van der Waals surface area contributed by atoms with E-state index in [1.165, 1.54) is 32.0 Å². The maximum Gasteiger partial charge on any atom is 0.342 e. The van der Waals surface area contributed by atoms with Crippen molar-refractivity contribution in [3.8, 4) is 0 Å². The standard InChI is InChI=1S/C20H22O9/c1-5-16(22)26-12(3)28-19(24)15-9-7-8-14(10-11-21)18(15)20(25)29-13(4)27-17(23)6-2/h5-9,12-13,21H,1-2,10-11H2,3-4H3. The smallest absolute Gasteiger partial charge is 0.342 e. The fourth-order valence-electron chi connectivity index (χ4n) is 2.24. The highest BCUT2D eigenvalue weighted by Gasteiger charge is 2.26. The maximum absolute atomic E-state index is 12.6. The molecule has 0 aliphatic carbocycles. The number of carbonyl (C=O) groups is 4. The molecule has 1 aromatic carbocycles. The number of aliphatic hydroxyl groups excluding tert-OH is 1. The summed E-state index contributed by atoms with van der Waals surface area (Å²) in [5.74, 6) is -3.53. The Morgan fingerprint density at radius 2 is 1.45 bits per heavy atom. The van der Waals surface area contributed by atoms with Gasteiger partial charge >= 0.3 is 23.9 Å². The van der Waals surface area contributed by atoms with Crippen LogP contribution >= 0.6 is 0 Å². The van der Waals surface area contributed by atoms with Crippen molar-refractivity contribution < 1.29 is 43.2 Å². The normalized spacial score (nSPS) is 12.1. The molecule has 0 fully saturated rings. The third kappa shape index (κ3) is 7.23. The molecule has 1 aromatic rings. The molecule has 1 N–H and O–H groups in total. The van der Waals surface area contributed by atoms with Gasteiger partial charge in [-0.15, -0.1) is 0 Å². The molecule has 0 aliphatic heterocycles. The number of ether oxygens (including phenoxy) is 4. The van der Waals surface area contributed by atoms with Crippen molar-refractivity contribution in [2.45, 2.75) is 32.8 Å². The number of carbonyl (C=O) groups excluding carboxylic acids is 4. The number of rotatable bonds is 10. The van der Waals surface area contributed by atoms with Crippen LogP contribution in [0.1, 0.15) is 40.1 Å². The molecule has 0 aliphatic rings. The predicted molar refractivity (Wildman–Crippen MR) is 99.6 cm³/mol. The van der Waals surface area contributed by atoms with Gasteiger partial charge in [-0.25, -0.2) is 19.2 Å². The second-order valence-electron chi connectivity index (χ2n) is 5.54. The largest absolute Gasteiger partial charge is 0.422 e. The molecule has 29 heavy (non-hydrogen) atoms. The molecule has 0 spiro atoms. The zero-order valence-corrected chi connectivity index (χ0v) is 16.1. The van der Waals surface area contributed by atoms with Gasteiger partial charge in [-0.3, -0.25) is 0 Å². The fourth-order valence-corrected chi connectivity index (χ4v) is 2.24. The molecular formula is C20H22O9. The van der Waals surface area contributed by atoms with E-state index in [9.17, 15) is 24.3 Å². The summed E-state index contributed by atoms with van der Waals surface area (Å²) in [6, 6.07) is 4.31. The molecule has 0 aromatic heterocycles. The van der Waals surface area contributed by atoms with E-state index in [0.29, 0.717) is 5.56 Å². The van der Waals surface area contributed by atoms with Crippen LogP contribution in [0.25, 0.3) is 0 Å². The Labute approximate surface area is 167 Å². The highest BCUT2D eigenvalue weighted by atomic mass is 16.7. The van der Waals surface area contributed by atoms with Crippen molar-refractivity contribution >= 4 is 23.9 Å². The molecule has 1 rings (SSSR count). The molecule has 9 nitrogen and oxygen atoms in total. The van der Waals surface area contributed by atoms with Gasteiger partial charge in [0.15, 0.2) is 0 Å². The second kappa shape index (κ2) is 11.4. The molecule has 156 valence electrons. The Balaban J connectivity index is 3.13. The molecule has 9 heteroatoms. The number of aliphatic hydroxyl groups is 1. The summed E-state index contributed by atoms with van der Waals surface area (Å²) in [5.41, 5.74) is -0.0371. The molecule has 0 radical (unpaired) electrons. The summed E-state index contributed by atoms with van der Waals surface area (Å²) in [6.07, 6.45) is -0.648. The van der Waals surface area contributed by atoms with E-state index in [2.05, 4.69) is 13.2 Å². The summed E-state index contributed by atoms with van der Waals surface area (Å²) >= 11 is 0. The quantitative estimate of drug-likeness (QED) is 0.351. The predicted octanol–water partition coefficient (Wildman–Crippen LogP) is 1.69. The summed E-state index contributed by atoms with van der Waals surface area (Å²) in [5, 5.41) is 9.24. The van der Waals surface area contributed by atoms with Crippen LogP contribution in [0.5, 0.6) is 0 Å². The lowest BCUT2D eigenvalue weighted by molar-refractivity contribution is -0.161. The van der Waals surface area contributed by atoms with Gasteiger partial charge in [-0.1, -0.05) is 25.3 Å². The first kappa shape index (κ1) is 23.6. The van der Waals surface area contributed by atoms with Gasteiger partial charge < -0.3 is 24.1 Å². The minimum Gasteiger partial charge on any atom is -0.422 e. The third-order valence-electron chi connectivity index (χ3n) is 3.40. The lowest BCUT2D eigenvalue weighted by Crippen LogP contribution is -2.25.